The molecule has 3 aromatic rings. The largest absolute Gasteiger partial charge is 0.336 e. The maximum atomic E-state index is 4.33. The summed E-state index contributed by atoms with van der Waals surface area (Å²) in [5.74, 6) is 0. The van der Waals surface area contributed by atoms with Crippen LogP contribution in [-0.2, 0) is 13.0 Å². The zero-order valence-corrected chi connectivity index (χ0v) is 13.3. The number of aromatic nitrogens is 3. The second-order valence-electron chi connectivity index (χ2n) is 5.57. The highest BCUT2D eigenvalue weighted by atomic mass is 32.1. The summed E-state index contributed by atoms with van der Waals surface area (Å²) in [5, 5.41) is 0. The Labute approximate surface area is 129 Å². The van der Waals surface area contributed by atoms with Crippen LogP contribution in [-0.4, -0.2) is 39.6 Å². The van der Waals surface area contributed by atoms with E-state index >= 15 is 0 Å². The SMILES string of the molecule is CN(C)C(CCc1ccc2ncsc2c1)Cn1ccnc1. The van der Waals surface area contributed by atoms with Gasteiger partial charge in [-0.3, -0.25) is 0 Å². The zero-order chi connectivity index (χ0) is 14.7. The van der Waals surface area contributed by atoms with Crippen molar-refractivity contribution in [2.75, 3.05) is 14.1 Å². The minimum atomic E-state index is 0.511. The normalized spacial score (nSPS) is 13.1. The van der Waals surface area contributed by atoms with Crippen LogP contribution in [0.1, 0.15) is 12.0 Å². The zero-order valence-electron chi connectivity index (χ0n) is 12.4. The summed E-state index contributed by atoms with van der Waals surface area (Å²) in [7, 11) is 4.29. The Morgan fingerprint density at radius 1 is 1.33 bits per heavy atom. The van der Waals surface area contributed by atoms with Crippen molar-refractivity contribution in [2.24, 2.45) is 0 Å². The van der Waals surface area contributed by atoms with Gasteiger partial charge in [-0.25, -0.2) is 9.97 Å². The van der Waals surface area contributed by atoms with Crippen molar-refractivity contribution in [3.05, 3.63) is 48.0 Å². The van der Waals surface area contributed by atoms with Crippen molar-refractivity contribution >= 4 is 21.6 Å². The Kier molecular flexibility index (Phi) is 4.31. The average molecular weight is 300 g/mol. The van der Waals surface area contributed by atoms with E-state index in [-0.39, 0.29) is 0 Å². The van der Waals surface area contributed by atoms with Crippen LogP contribution < -0.4 is 0 Å². The lowest BCUT2D eigenvalue weighted by Gasteiger charge is -2.24. The van der Waals surface area contributed by atoms with Crippen LogP contribution in [0.3, 0.4) is 0 Å². The quantitative estimate of drug-likeness (QED) is 0.701. The summed E-state index contributed by atoms with van der Waals surface area (Å²) in [6.45, 7) is 0.982. The van der Waals surface area contributed by atoms with Crippen LogP contribution in [0.4, 0.5) is 0 Å². The number of fused-ring (bicyclic) bond motifs is 1. The van der Waals surface area contributed by atoms with Gasteiger partial charge in [-0.1, -0.05) is 6.07 Å². The number of hydrogen-bond donors (Lipinski definition) is 0. The lowest BCUT2D eigenvalue weighted by Crippen LogP contribution is -2.32. The molecule has 3 rings (SSSR count). The molecule has 0 aliphatic rings. The number of benzene rings is 1. The van der Waals surface area contributed by atoms with Gasteiger partial charge < -0.3 is 9.47 Å². The van der Waals surface area contributed by atoms with Crippen molar-refractivity contribution in [3.63, 3.8) is 0 Å². The predicted molar refractivity (Wildman–Crippen MR) is 87.6 cm³/mol. The molecule has 2 aromatic heterocycles. The first kappa shape index (κ1) is 14.2. The standard InChI is InChI=1S/C16H20N4S/c1-19(2)14(10-20-8-7-17-11-20)5-3-13-4-6-15-16(9-13)21-12-18-15/h4,6-9,11-12,14H,3,5,10H2,1-2H3. The molecule has 0 aliphatic carbocycles. The van der Waals surface area contributed by atoms with E-state index in [2.05, 4.69) is 51.7 Å². The van der Waals surface area contributed by atoms with Crippen molar-refractivity contribution in [2.45, 2.75) is 25.4 Å². The van der Waals surface area contributed by atoms with Crippen LogP contribution in [0.25, 0.3) is 10.2 Å². The van der Waals surface area contributed by atoms with Gasteiger partial charge in [0.1, 0.15) is 0 Å². The fourth-order valence-electron chi connectivity index (χ4n) is 2.54. The molecular formula is C16H20N4S. The topological polar surface area (TPSA) is 34.0 Å². The van der Waals surface area contributed by atoms with E-state index in [9.17, 15) is 0 Å². The molecule has 0 bridgehead atoms. The Hall–Kier alpha value is -1.72. The molecule has 0 N–H and O–H groups in total. The smallest absolute Gasteiger partial charge is 0.0946 e. The van der Waals surface area contributed by atoms with Crippen LogP contribution in [0, 0.1) is 0 Å². The maximum Gasteiger partial charge on any atom is 0.0946 e. The monoisotopic (exact) mass is 300 g/mol. The summed E-state index contributed by atoms with van der Waals surface area (Å²) >= 11 is 1.71. The fraction of sp³-hybridized carbons (Fsp3) is 0.375. The number of hydrogen-bond acceptors (Lipinski definition) is 4. The third-order valence-corrected chi connectivity index (χ3v) is 4.66. The Morgan fingerprint density at radius 2 is 2.24 bits per heavy atom. The summed E-state index contributed by atoms with van der Waals surface area (Å²) in [6, 6.07) is 7.11. The van der Waals surface area contributed by atoms with Gasteiger partial charge in [0.05, 0.1) is 22.1 Å². The molecule has 2 heterocycles. The molecule has 21 heavy (non-hydrogen) atoms. The second kappa shape index (κ2) is 6.37. The van der Waals surface area contributed by atoms with Gasteiger partial charge in [0.15, 0.2) is 0 Å². The summed E-state index contributed by atoms with van der Waals surface area (Å²) in [4.78, 5) is 10.8. The number of aryl methyl sites for hydroxylation is 1. The molecule has 1 aromatic carbocycles. The number of imidazole rings is 1. The Morgan fingerprint density at radius 3 is 3.00 bits per heavy atom. The third-order valence-electron chi connectivity index (χ3n) is 3.87. The van der Waals surface area contributed by atoms with Crippen LogP contribution in [0.5, 0.6) is 0 Å². The molecule has 0 spiro atoms. The average Bonchev–Trinajstić information content (AvgIpc) is 3.13. The Balaban J connectivity index is 1.65. The number of rotatable bonds is 6. The first-order valence-electron chi connectivity index (χ1n) is 7.16. The maximum absolute atomic E-state index is 4.33. The van der Waals surface area contributed by atoms with E-state index in [4.69, 9.17) is 0 Å². The first-order valence-corrected chi connectivity index (χ1v) is 8.04. The van der Waals surface area contributed by atoms with Gasteiger partial charge in [0.2, 0.25) is 0 Å². The third kappa shape index (κ3) is 3.49. The van der Waals surface area contributed by atoms with Crippen molar-refractivity contribution in [3.8, 4) is 0 Å². The summed E-state index contributed by atoms with van der Waals surface area (Å²) < 4.78 is 3.43. The minimum absolute atomic E-state index is 0.511. The van der Waals surface area contributed by atoms with E-state index in [1.54, 1.807) is 11.3 Å². The Bertz CT molecular complexity index is 687. The van der Waals surface area contributed by atoms with Crippen LogP contribution >= 0.6 is 11.3 Å². The first-order chi connectivity index (χ1) is 10.2. The second-order valence-corrected chi connectivity index (χ2v) is 6.46. The number of nitrogens with zero attached hydrogens (tertiary/aromatic N) is 4. The highest BCUT2D eigenvalue weighted by Crippen LogP contribution is 2.20. The van der Waals surface area contributed by atoms with Gasteiger partial charge in [-0.05, 0) is 44.6 Å². The lowest BCUT2D eigenvalue weighted by atomic mass is 10.0. The number of thiazole rings is 1. The van der Waals surface area contributed by atoms with E-state index in [1.165, 1.54) is 10.3 Å². The van der Waals surface area contributed by atoms with Gasteiger partial charge >= 0.3 is 0 Å². The molecular weight excluding hydrogens is 280 g/mol. The molecule has 0 aliphatic heterocycles. The molecule has 0 saturated heterocycles. The highest BCUT2D eigenvalue weighted by molar-refractivity contribution is 7.16. The van der Waals surface area contributed by atoms with Crippen molar-refractivity contribution in [1.82, 2.24) is 19.4 Å². The lowest BCUT2D eigenvalue weighted by molar-refractivity contribution is 0.250. The number of likely N-dealkylation sites (N-methyl/N-ethyl adjacent to an activating group) is 1. The molecule has 0 amide bonds. The molecule has 5 heteroatoms. The molecule has 0 saturated carbocycles. The van der Waals surface area contributed by atoms with Crippen LogP contribution in [0.15, 0.2) is 42.4 Å². The van der Waals surface area contributed by atoms with Crippen molar-refractivity contribution in [1.29, 1.82) is 0 Å². The fourth-order valence-corrected chi connectivity index (χ4v) is 3.28. The molecule has 1 atom stereocenters. The van der Waals surface area contributed by atoms with Gasteiger partial charge in [0.25, 0.3) is 0 Å². The van der Waals surface area contributed by atoms with Crippen LogP contribution in [0.2, 0.25) is 0 Å². The highest BCUT2D eigenvalue weighted by Gasteiger charge is 2.12. The molecule has 0 radical (unpaired) electrons. The van der Waals surface area contributed by atoms with E-state index in [0.29, 0.717) is 6.04 Å². The van der Waals surface area contributed by atoms with Gasteiger partial charge in [-0.2, -0.15) is 0 Å². The molecule has 4 nitrogen and oxygen atoms in total. The van der Waals surface area contributed by atoms with E-state index in [0.717, 1.165) is 24.9 Å². The molecule has 110 valence electrons. The molecule has 1 unspecified atom stereocenters. The summed E-state index contributed by atoms with van der Waals surface area (Å²) in [5.41, 5.74) is 4.41. The predicted octanol–water partition coefficient (Wildman–Crippen LogP) is 3.06. The van der Waals surface area contributed by atoms with Gasteiger partial charge in [0, 0.05) is 25.0 Å². The van der Waals surface area contributed by atoms with E-state index < -0.39 is 0 Å². The van der Waals surface area contributed by atoms with Crippen molar-refractivity contribution < 1.29 is 0 Å². The van der Waals surface area contributed by atoms with Gasteiger partial charge in [-0.15, -0.1) is 11.3 Å². The van der Waals surface area contributed by atoms with E-state index in [1.807, 2.05) is 24.2 Å². The minimum Gasteiger partial charge on any atom is -0.336 e. The summed E-state index contributed by atoms with van der Waals surface area (Å²) in [6.07, 6.45) is 7.98. The molecule has 0 fully saturated rings.